The van der Waals surface area contributed by atoms with Crippen molar-refractivity contribution in [3.8, 4) is 11.5 Å². The van der Waals surface area contributed by atoms with E-state index in [1.54, 1.807) is 18.9 Å². The van der Waals surface area contributed by atoms with Crippen molar-refractivity contribution in [2.75, 3.05) is 12.4 Å². The normalized spacial score (nSPS) is 10.3. The third-order valence-electron chi connectivity index (χ3n) is 4.01. The van der Waals surface area contributed by atoms with Crippen molar-refractivity contribution in [1.29, 1.82) is 0 Å². The third kappa shape index (κ3) is 5.89. The van der Waals surface area contributed by atoms with Crippen LogP contribution in [0.4, 0.5) is 11.4 Å². The highest BCUT2D eigenvalue weighted by molar-refractivity contribution is 9.10. The minimum absolute atomic E-state index is 0.429. The first kappa shape index (κ1) is 21.0. The van der Waals surface area contributed by atoms with Gasteiger partial charge in [-0.3, -0.25) is 0 Å². The Morgan fingerprint density at radius 1 is 1.07 bits per heavy atom. The van der Waals surface area contributed by atoms with Crippen LogP contribution in [0.2, 0.25) is 0 Å². The molecule has 0 aliphatic heterocycles. The molecular weight excluding hydrogens is 450 g/mol. The van der Waals surface area contributed by atoms with Crippen molar-refractivity contribution < 1.29 is 14.3 Å². The van der Waals surface area contributed by atoms with E-state index in [0.717, 1.165) is 26.9 Å². The summed E-state index contributed by atoms with van der Waals surface area (Å²) < 4.78 is 11.8. The molecule has 0 spiro atoms. The zero-order valence-electron chi connectivity index (χ0n) is 15.9. The van der Waals surface area contributed by atoms with E-state index < -0.39 is 5.97 Å². The van der Waals surface area contributed by atoms with Gasteiger partial charge in [-0.05, 0) is 42.0 Å². The van der Waals surface area contributed by atoms with Gasteiger partial charge in [0.1, 0.15) is 5.75 Å². The molecule has 3 rings (SSSR count). The number of hydrogen-bond donors (Lipinski definition) is 1. The highest BCUT2D eigenvalue weighted by Gasteiger charge is 2.12. The zero-order chi connectivity index (χ0) is 20.6. The Bertz CT molecular complexity index is 1010. The maximum absolute atomic E-state index is 11.8. The van der Waals surface area contributed by atoms with Gasteiger partial charge in [-0.2, -0.15) is 0 Å². The molecule has 0 aromatic heterocycles. The lowest BCUT2D eigenvalue weighted by molar-refractivity contribution is -0.128. The molecule has 0 bridgehead atoms. The van der Waals surface area contributed by atoms with Crippen LogP contribution in [0, 0.1) is 0 Å². The molecule has 0 radical (unpaired) electrons. The monoisotopic (exact) mass is 469 g/mol. The number of benzene rings is 3. The van der Waals surface area contributed by atoms with E-state index in [9.17, 15) is 4.79 Å². The molecule has 0 amide bonds. The van der Waals surface area contributed by atoms with Crippen molar-refractivity contribution in [3.05, 3.63) is 89.4 Å². The number of rotatable bonds is 8. The van der Waals surface area contributed by atoms with Gasteiger partial charge in [0, 0.05) is 21.2 Å². The first-order valence-electron chi connectivity index (χ1n) is 8.84. The number of carbonyl (C=O) groups excluding carboxylic acids is 1. The van der Waals surface area contributed by atoms with Crippen LogP contribution in [0.15, 0.2) is 88.8 Å². The number of methoxy groups -OCH3 is 1. The number of nitrogens with one attached hydrogen (secondary N) is 1. The largest absolute Gasteiger partial charge is 0.495 e. The molecule has 0 saturated heterocycles. The summed E-state index contributed by atoms with van der Waals surface area (Å²) in [6.07, 6.45) is 1.15. The number of esters is 1. The van der Waals surface area contributed by atoms with Crippen LogP contribution in [0.3, 0.4) is 0 Å². The number of halogens is 1. The van der Waals surface area contributed by atoms with Crippen molar-refractivity contribution in [1.82, 2.24) is 0 Å². The molecule has 4 nitrogen and oxygen atoms in total. The summed E-state index contributed by atoms with van der Waals surface area (Å²) >= 11 is 5.11. The fourth-order valence-electron chi connectivity index (χ4n) is 2.58. The summed E-state index contributed by atoms with van der Waals surface area (Å²) in [4.78, 5) is 12.8. The van der Waals surface area contributed by atoms with Gasteiger partial charge in [-0.15, -0.1) is 11.8 Å². The number of carbonyl (C=O) groups is 1. The minimum Gasteiger partial charge on any atom is -0.495 e. The SMILES string of the molecule is C=CC(=O)Oc1cc(SCc2ccccc2)ccc1Nc1ccc(Br)cc1OC. The molecule has 6 heteroatoms. The number of anilines is 2. The van der Waals surface area contributed by atoms with E-state index >= 15 is 0 Å². The topological polar surface area (TPSA) is 47.6 Å². The molecule has 148 valence electrons. The average Bonchev–Trinajstić information content (AvgIpc) is 2.75. The first-order valence-corrected chi connectivity index (χ1v) is 10.6. The Kier molecular flexibility index (Phi) is 7.38. The second-order valence-electron chi connectivity index (χ2n) is 6.03. The van der Waals surface area contributed by atoms with Gasteiger partial charge >= 0.3 is 5.97 Å². The van der Waals surface area contributed by atoms with Gasteiger partial charge in [0.05, 0.1) is 18.5 Å². The van der Waals surface area contributed by atoms with Gasteiger partial charge in [0.15, 0.2) is 5.75 Å². The fraction of sp³-hybridized carbons (Fsp3) is 0.0870. The molecule has 0 unspecified atom stereocenters. The van der Waals surface area contributed by atoms with Crippen molar-refractivity contribution in [2.24, 2.45) is 0 Å². The molecule has 0 heterocycles. The van der Waals surface area contributed by atoms with Crippen molar-refractivity contribution in [2.45, 2.75) is 10.6 Å². The zero-order valence-corrected chi connectivity index (χ0v) is 18.3. The van der Waals surface area contributed by atoms with E-state index in [0.29, 0.717) is 17.2 Å². The lowest BCUT2D eigenvalue weighted by Gasteiger charge is -2.15. The minimum atomic E-state index is -0.513. The summed E-state index contributed by atoms with van der Waals surface area (Å²) in [6, 6.07) is 21.6. The van der Waals surface area contributed by atoms with Crippen LogP contribution in [0.1, 0.15) is 5.56 Å². The highest BCUT2D eigenvalue weighted by atomic mass is 79.9. The van der Waals surface area contributed by atoms with Gasteiger partial charge in [0.25, 0.3) is 0 Å². The molecule has 0 fully saturated rings. The smallest absolute Gasteiger partial charge is 0.335 e. The Balaban J connectivity index is 1.85. The van der Waals surface area contributed by atoms with E-state index in [1.165, 1.54) is 5.56 Å². The van der Waals surface area contributed by atoms with Gasteiger partial charge in [-0.1, -0.05) is 52.8 Å². The maximum atomic E-state index is 11.8. The van der Waals surface area contributed by atoms with E-state index in [-0.39, 0.29) is 0 Å². The summed E-state index contributed by atoms with van der Waals surface area (Å²) in [5, 5.41) is 3.28. The summed E-state index contributed by atoms with van der Waals surface area (Å²) in [7, 11) is 1.61. The predicted octanol–water partition coefficient (Wildman–Crippen LogP) is 6.59. The van der Waals surface area contributed by atoms with E-state index in [4.69, 9.17) is 9.47 Å². The van der Waals surface area contributed by atoms with Crippen molar-refractivity contribution >= 4 is 45.0 Å². The molecule has 3 aromatic rings. The molecular formula is C23H20BrNO3S. The Labute approximate surface area is 183 Å². The predicted molar refractivity (Wildman–Crippen MR) is 122 cm³/mol. The summed E-state index contributed by atoms with van der Waals surface area (Å²) in [5.74, 6) is 1.41. The van der Waals surface area contributed by atoms with E-state index in [2.05, 4.69) is 40.0 Å². The van der Waals surface area contributed by atoms with Gasteiger partial charge in [-0.25, -0.2) is 4.79 Å². The number of hydrogen-bond acceptors (Lipinski definition) is 5. The fourth-order valence-corrected chi connectivity index (χ4v) is 3.81. The molecule has 0 aliphatic carbocycles. The molecule has 0 aliphatic rings. The number of ether oxygens (including phenoxy) is 2. The first-order chi connectivity index (χ1) is 14.1. The lowest BCUT2D eigenvalue weighted by atomic mass is 10.2. The van der Waals surface area contributed by atoms with Gasteiger partial charge < -0.3 is 14.8 Å². The second-order valence-corrected chi connectivity index (χ2v) is 7.99. The third-order valence-corrected chi connectivity index (χ3v) is 5.57. The lowest BCUT2D eigenvalue weighted by Crippen LogP contribution is -2.06. The average molecular weight is 470 g/mol. The Morgan fingerprint density at radius 3 is 2.52 bits per heavy atom. The van der Waals surface area contributed by atoms with Crippen LogP contribution in [0.5, 0.6) is 11.5 Å². The second kappa shape index (κ2) is 10.2. The summed E-state index contributed by atoms with van der Waals surface area (Å²) in [6.45, 7) is 3.48. The number of thioether (sulfide) groups is 1. The quantitative estimate of drug-likeness (QED) is 0.174. The highest BCUT2D eigenvalue weighted by Crippen LogP contribution is 2.37. The standard InChI is InChI=1S/C23H20BrNO3S/c1-3-23(26)28-22-14-18(29-15-16-7-5-4-6-8-16)10-12-20(22)25-19-11-9-17(24)13-21(19)27-2/h3-14,25H,1,15H2,2H3. The molecule has 3 aromatic carbocycles. The molecule has 0 atom stereocenters. The van der Waals surface area contributed by atoms with Crippen LogP contribution in [-0.4, -0.2) is 13.1 Å². The van der Waals surface area contributed by atoms with Crippen molar-refractivity contribution in [3.63, 3.8) is 0 Å². The van der Waals surface area contributed by atoms with Crippen LogP contribution in [0.25, 0.3) is 0 Å². The molecule has 0 saturated carbocycles. The molecule has 29 heavy (non-hydrogen) atoms. The van der Waals surface area contributed by atoms with Crippen LogP contribution >= 0.6 is 27.7 Å². The van der Waals surface area contributed by atoms with E-state index in [1.807, 2.05) is 54.6 Å². The van der Waals surface area contributed by atoms with Crippen LogP contribution < -0.4 is 14.8 Å². The van der Waals surface area contributed by atoms with Crippen LogP contribution in [-0.2, 0) is 10.5 Å². The maximum Gasteiger partial charge on any atom is 0.335 e. The Morgan fingerprint density at radius 2 is 1.79 bits per heavy atom. The Hall–Kier alpha value is -2.70. The van der Waals surface area contributed by atoms with Gasteiger partial charge in [0.2, 0.25) is 0 Å². The summed E-state index contributed by atoms with van der Waals surface area (Å²) in [5.41, 5.74) is 2.64. The molecule has 1 N–H and O–H groups in total.